The largest absolute Gasteiger partial charge is 0.497 e. The molecule has 1 amide bonds. The van der Waals surface area contributed by atoms with E-state index in [-0.39, 0.29) is 18.1 Å². The predicted octanol–water partition coefficient (Wildman–Crippen LogP) is 6.49. The fourth-order valence-corrected chi connectivity index (χ4v) is 5.41. The van der Waals surface area contributed by atoms with Crippen LogP contribution < -0.4 is 14.8 Å². The highest BCUT2D eigenvalue weighted by Crippen LogP contribution is 2.29. The van der Waals surface area contributed by atoms with Crippen LogP contribution in [0.15, 0.2) is 83.5 Å². The third-order valence-corrected chi connectivity index (χ3v) is 7.88. The monoisotopic (exact) mass is 597 g/mol. The van der Waals surface area contributed by atoms with Crippen LogP contribution in [0.25, 0.3) is 16.7 Å². The summed E-state index contributed by atoms with van der Waals surface area (Å²) in [5.41, 5.74) is 3.95. The first-order chi connectivity index (χ1) is 21.4. The lowest BCUT2D eigenvalue weighted by Gasteiger charge is -2.25. The van der Waals surface area contributed by atoms with E-state index in [9.17, 15) is 13.6 Å². The summed E-state index contributed by atoms with van der Waals surface area (Å²) in [6, 6.07) is 14.8. The summed E-state index contributed by atoms with van der Waals surface area (Å²) < 4.78 is 41.6. The highest BCUT2D eigenvalue weighted by atomic mass is 19.1. The number of hydrogen-bond acceptors (Lipinski definition) is 7. The van der Waals surface area contributed by atoms with E-state index in [4.69, 9.17) is 9.47 Å². The van der Waals surface area contributed by atoms with Crippen molar-refractivity contribution in [3.05, 3.63) is 102 Å². The smallest absolute Gasteiger partial charge is 0.252 e. The van der Waals surface area contributed by atoms with Crippen molar-refractivity contribution in [1.82, 2.24) is 15.3 Å². The number of fused-ring (bicyclic) bond motifs is 1. The summed E-state index contributed by atoms with van der Waals surface area (Å²) >= 11 is 0. The molecule has 1 aliphatic carbocycles. The molecule has 2 heterocycles. The molecule has 44 heavy (non-hydrogen) atoms. The second kappa shape index (κ2) is 13.1. The lowest BCUT2D eigenvalue weighted by atomic mass is 9.82. The average molecular weight is 598 g/mol. The van der Waals surface area contributed by atoms with E-state index in [2.05, 4.69) is 31.8 Å². The maximum atomic E-state index is 14.7. The quantitative estimate of drug-likeness (QED) is 0.222. The predicted molar refractivity (Wildman–Crippen MR) is 160 cm³/mol. The number of nitrogens with zero attached hydrogens (tertiary/aromatic N) is 5. The van der Waals surface area contributed by atoms with Crippen molar-refractivity contribution < 1.29 is 27.7 Å². The minimum absolute atomic E-state index is 0.0262. The van der Waals surface area contributed by atoms with Gasteiger partial charge in [0, 0.05) is 36.0 Å². The van der Waals surface area contributed by atoms with Gasteiger partial charge in [-0.15, -0.1) is 4.68 Å². The maximum absolute atomic E-state index is 14.7. The molecular formula is C33H31F2N6O3+. The molecule has 6 rings (SSSR count). The van der Waals surface area contributed by atoms with Gasteiger partial charge in [-0.05, 0) is 79.6 Å². The lowest BCUT2D eigenvalue weighted by molar-refractivity contribution is -0.461. The second-order valence-electron chi connectivity index (χ2n) is 10.9. The Bertz CT molecular complexity index is 1740. The number of aromatic nitrogens is 2. The zero-order valence-corrected chi connectivity index (χ0v) is 24.1. The molecule has 3 aromatic carbocycles. The molecule has 0 saturated heterocycles. The van der Waals surface area contributed by atoms with Gasteiger partial charge in [-0.25, -0.2) is 8.78 Å². The first-order valence-corrected chi connectivity index (χ1v) is 14.5. The first-order valence-electron chi connectivity index (χ1n) is 14.5. The maximum Gasteiger partial charge on any atom is 0.252 e. The highest BCUT2D eigenvalue weighted by molar-refractivity contribution is 5.94. The lowest BCUT2D eigenvalue weighted by Crippen LogP contribution is -2.32. The van der Waals surface area contributed by atoms with Gasteiger partial charge in [-0.3, -0.25) is 14.8 Å². The van der Waals surface area contributed by atoms with Crippen molar-refractivity contribution in [3.8, 4) is 11.5 Å². The van der Waals surface area contributed by atoms with E-state index in [0.29, 0.717) is 18.2 Å². The van der Waals surface area contributed by atoms with Crippen molar-refractivity contribution in [3.63, 3.8) is 0 Å². The summed E-state index contributed by atoms with van der Waals surface area (Å²) in [6.45, 7) is 0.407. The summed E-state index contributed by atoms with van der Waals surface area (Å²) in [7, 11) is 1.55. The van der Waals surface area contributed by atoms with Crippen LogP contribution >= 0.6 is 0 Å². The van der Waals surface area contributed by atoms with Crippen LogP contribution in [-0.4, -0.2) is 40.4 Å². The number of carbonyl (C=O) groups excluding carboxylic acids is 1. The number of hydrogen-bond donors (Lipinski definition) is 1. The molecule has 1 N–H and O–H groups in total. The van der Waals surface area contributed by atoms with E-state index in [1.54, 1.807) is 48.5 Å². The first kappa shape index (κ1) is 29.0. The van der Waals surface area contributed by atoms with E-state index >= 15 is 0 Å². The Labute approximate surface area is 253 Å². The van der Waals surface area contributed by atoms with Gasteiger partial charge < -0.3 is 14.8 Å². The summed E-state index contributed by atoms with van der Waals surface area (Å²) in [5.74, 6) is -1.62. The third-order valence-electron chi connectivity index (χ3n) is 7.88. The minimum Gasteiger partial charge on any atom is -0.497 e. The molecule has 4 aromatic rings. The zero-order chi connectivity index (χ0) is 30.5. The minimum atomic E-state index is -0.926. The Kier molecular flexibility index (Phi) is 8.62. The number of nitrogens with one attached hydrogen (secondary N) is 1. The molecule has 0 spiro atoms. The number of benzene rings is 3. The second-order valence-corrected chi connectivity index (χ2v) is 10.9. The van der Waals surface area contributed by atoms with Gasteiger partial charge in [0.25, 0.3) is 11.6 Å². The fourth-order valence-electron chi connectivity index (χ4n) is 5.41. The van der Waals surface area contributed by atoms with E-state index in [1.165, 1.54) is 0 Å². The van der Waals surface area contributed by atoms with Gasteiger partial charge in [0.1, 0.15) is 23.8 Å². The molecule has 0 atom stereocenters. The van der Waals surface area contributed by atoms with Gasteiger partial charge in [0.05, 0.1) is 23.3 Å². The summed E-state index contributed by atoms with van der Waals surface area (Å²) in [6.07, 6.45) is 11.0. The van der Waals surface area contributed by atoms with E-state index < -0.39 is 23.3 Å². The fraction of sp³-hybridized carbons (Fsp3) is 0.273. The molecule has 1 aromatic heterocycles. The van der Waals surface area contributed by atoms with Crippen LogP contribution in [0.1, 0.15) is 47.2 Å². The standard InChI is InChI=1S/C33H30F2N6O3/c1-43-26-9-6-23(7-10-26)20-44-32-27(34)14-25(15-28(32)35)33(42)38-17-21-2-4-22(5-3-21)18-41-19-31(39-40-41)24-8-11-29-30(16-24)37-13-12-36-29/h6-16,18-19,21-22H,2-5,17,20H2,1H3/p+1/b41-18-. The molecule has 9 nitrogen and oxygen atoms in total. The van der Waals surface area contributed by atoms with Crippen molar-refractivity contribution in [2.24, 2.45) is 22.2 Å². The van der Waals surface area contributed by atoms with Crippen molar-refractivity contribution in [1.29, 1.82) is 0 Å². The molecule has 1 fully saturated rings. The van der Waals surface area contributed by atoms with Gasteiger partial charge in [-0.2, -0.15) is 0 Å². The molecule has 224 valence electrons. The van der Waals surface area contributed by atoms with Crippen molar-refractivity contribution >= 4 is 28.9 Å². The van der Waals surface area contributed by atoms with E-state index in [1.807, 2.05) is 24.4 Å². The molecular weight excluding hydrogens is 566 g/mol. The summed E-state index contributed by atoms with van der Waals surface area (Å²) in [4.78, 5) is 21.4. The Morgan fingerprint density at radius 3 is 2.43 bits per heavy atom. The van der Waals surface area contributed by atoms with Gasteiger partial charge in [-0.1, -0.05) is 12.1 Å². The Morgan fingerprint density at radius 1 is 0.977 bits per heavy atom. The summed E-state index contributed by atoms with van der Waals surface area (Å²) in [5, 5.41) is 11.4. The van der Waals surface area contributed by atoms with Crippen LogP contribution in [0.2, 0.25) is 0 Å². The number of ether oxygens (including phenoxy) is 2. The van der Waals surface area contributed by atoms with Gasteiger partial charge in [0.2, 0.25) is 0 Å². The molecule has 2 aliphatic rings. The zero-order valence-electron chi connectivity index (χ0n) is 24.1. The molecule has 1 aliphatic heterocycles. The number of methoxy groups -OCH3 is 1. The number of carbonyl (C=O) groups is 1. The van der Waals surface area contributed by atoms with Crippen LogP contribution in [0.5, 0.6) is 11.5 Å². The number of rotatable bonds is 9. The Hall–Kier alpha value is -5.06. The molecule has 0 radical (unpaired) electrons. The van der Waals surface area contributed by atoms with Crippen molar-refractivity contribution in [2.45, 2.75) is 32.3 Å². The normalized spacial score (nSPS) is 18.8. The third kappa shape index (κ3) is 6.77. The number of amides is 1. The molecule has 11 heteroatoms. The van der Waals surface area contributed by atoms with E-state index in [0.717, 1.165) is 65.7 Å². The van der Waals surface area contributed by atoms with Crippen LogP contribution in [0.3, 0.4) is 0 Å². The topological polar surface area (TPSA) is 101 Å². The molecule has 0 unspecified atom stereocenters. The van der Waals surface area contributed by atoms with Crippen LogP contribution in [-0.2, 0) is 6.61 Å². The highest BCUT2D eigenvalue weighted by Gasteiger charge is 2.25. The number of halogens is 2. The Morgan fingerprint density at radius 2 is 1.70 bits per heavy atom. The van der Waals surface area contributed by atoms with Gasteiger partial charge in [0.15, 0.2) is 23.6 Å². The SMILES string of the molecule is COc1ccc(COc2c(F)cc(C(=O)NCC3CCC(/C=[N+]4/C=C(c5ccc6nccnc6c5)N=N4)CC3)cc2F)cc1. The van der Waals surface area contributed by atoms with Crippen LogP contribution in [0, 0.1) is 23.5 Å². The molecule has 0 bridgehead atoms. The molecule has 1 saturated carbocycles. The Balaban J connectivity index is 0.980. The van der Waals surface area contributed by atoms with Crippen LogP contribution in [0.4, 0.5) is 8.78 Å². The van der Waals surface area contributed by atoms with Gasteiger partial charge >= 0.3 is 0 Å². The average Bonchev–Trinajstić information content (AvgIpc) is 3.52. The van der Waals surface area contributed by atoms with Crippen molar-refractivity contribution in [2.75, 3.05) is 13.7 Å².